The van der Waals surface area contributed by atoms with Crippen molar-refractivity contribution >= 4 is 17.7 Å². The highest BCUT2D eigenvalue weighted by Gasteiger charge is 2.15. The van der Waals surface area contributed by atoms with E-state index in [0.717, 1.165) is 10.5 Å². The standard InChI is InChI=1S/C15H23NOS/c1-10(2)12(5)16-15(17)13-8-6-7-9-14(13)18-11(3)4/h6-12H,1-5H3,(H,16,17)/t12-/m1/s1. The highest BCUT2D eigenvalue weighted by atomic mass is 32.2. The SMILES string of the molecule is CC(C)Sc1ccccc1C(=O)N[C@H](C)C(C)C. The van der Waals surface area contributed by atoms with E-state index in [-0.39, 0.29) is 11.9 Å². The summed E-state index contributed by atoms with van der Waals surface area (Å²) in [7, 11) is 0. The Morgan fingerprint density at radius 3 is 2.28 bits per heavy atom. The topological polar surface area (TPSA) is 29.1 Å². The molecule has 0 heterocycles. The molecule has 0 aromatic heterocycles. The van der Waals surface area contributed by atoms with Crippen molar-refractivity contribution in [2.45, 2.75) is 50.8 Å². The van der Waals surface area contributed by atoms with E-state index in [9.17, 15) is 4.79 Å². The van der Waals surface area contributed by atoms with Gasteiger partial charge in [0.1, 0.15) is 0 Å². The van der Waals surface area contributed by atoms with Crippen LogP contribution in [0, 0.1) is 5.92 Å². The van der Waals surface area contributed by atoms with Crippen LogP contribution in [0.2, 0.25) is 0 Å². The number of carbonyl (C=O) groups is 1. The van der Waals surface area contributed by atoms with E-state index in [0.29, 0.717) is 11.2 Å². The van der Waals surface area contributed by atoms with Gasteiger partial charge in [-0.2, -0.15) is 0 Å². The van der Waals surface area contributed by atoms with Gasteiger partial charge in [-0.15, -0.1) is 11.8 Å². The first-order valence-corrected chi connectivity index (χ1v) is 7.36. The number of hydrogen-bond donors (Lipinski definition) is 1. The van der Waals surface area contributed by atoms with Crippen LogP contribution in [0.5, 0.6) is 0 Å². The second kappa shape index (κ2) is 6.83. The van der Waals surface area contributed by atoms with Crippen molar-refractivity contribution in [1.82, 2.24) is 5.32 Å². The zero-order valence-corrected chi connectivity index (χ0v) is 12.7. The molecule has 0 bridgehead atoms. The number of benzene rings is 1. The van der Waals surface area contributed by atoms with Gasteiger partial charge in [0, 0.05) is 16.2 Å². The monoisotopic (exact) mass is 265 g/mol. The van der Waals surface area contributed by atoms with Crippen molar-refractivity contribution in [2.75, 3.05) is 0 Å². The lowest BCUT2D eigenvalue weighted by Gasteiger charge is -2.18. The van der Waals surface area contributed by atoms with Crippen molar-refractivity contribution in [3.63, 3.8) is 0 Å². The predicted molar refractivity (Wildman–Crippen MR) is 79.2 cm³/mol. The van der Waals surface area contributed by atoms with Crippen molar-refractivity contribution < 1.29 is 4.79 Å². The van der Waals surface area contributed by atoms with Gasteiger partial charge in [0.25, 0.3) is 5.91 Å². The molecule has 1 atom stereocenters. The quantitative estimate of drug-likeness (QED) is 0.816. The maximum Gasteiger partial charge on any atom is 0.252 e. The molecule has 1 rings (SSSR count). The van der Waals surface area contributed by atoms with Gasteiger partial charge in [-0.3, -0.25) is 4.79 Å². The third-order valence-electron chi connectivity index (χ3n) is 2.85. The van der Waals surface area contributed by atoms with Crippen LogP contribution in [0.1, 0.15) is 45.0 Å². The summed E-state index contributed by atoms with van der Waals surface area (Å²) in [6.07, 6.45) is 0. The Morgan fingerprint density at radius 1 is 1.11 bits per heavy atom. The molecule has 3 heteroatoms. The van der Waals surface area contributed by atoms with E-state index in [2.05, 4.69) is 33.0 Å². The normalized spacial score (nSPS) is 12.8. The van der Waals surface area contributed by atoms with Gasteiger partial charge in [0.2, 0.25) is 0 Å². The number of hydrogen-bond acceptors (Lipinski definition) is 2. The molecule has 0 spiro atoms. The Balaban J connectivity index is 2.85. The first kappa shape index (κ1) is 15.1. The summed E-state index contributed by atoms with van der Waals surface area (Å²) in [4.78, 5) is 13.3. The average molecular weight is 265 g/mol. The molecule has 1 N–H and O–H groups in total. The fraction of sp³-hybridized carbons (Fsp3) is 0.533. The van der Waals surface area contributed by atoms with Gasteiger partial charge in [-0.05, 0) is 25.0 Å². The van der Waals surface area contributed by atoms with Crippen molar-refractivity contribution in [2.24, 2.45) is 5.92 Å². The average Bonchev–Trinajstić information content (AvgIpc) is 2.28. The van der Waals surface area contributed by atoms with Crippen LogP contribution >= 0.6 is 11.8 Å². The van der Waals surface area contributed by atoms with Crippen molar-refractivity contribution in [1.29, 1.82) is 0 Å². The zero-order valence-electron chi connectivity index (χ0n) is 11.9. The molecule has 18 heavy (non-hydrogen) atoms. The van der Waals surface area contributed by atoms with Crippen LogP contribution in [0.4, 0.5) is 0 Å². The highest BCUT2D eigenvalue weighted by molar-refractivity contribution is 8.00. The number of nitrogens with one attached hydrogen (secondary N) is 1. The fourth-order valence-corrected chi connectivity index (χ4v) is 2.41. The van der Waals surface area contributed by atoms with Crippen LogP contribution in [0.3, 0.4) is 0 Å². The lowest BCUT2D eigenvalue weighted by Crippen LogP contribution is -2.36. The molecular weight excluding hydrogens is 242 g/mol. The largest absolute Gasteiger partial charge is 0.349 e. The Hall–Kier alpha value is -0.960. The number of carbonyl (C=O) groups excluding carboxylic acids is 1. The summed E-state index contributed by atoms with van der Waals surface area (Å²) in [5.74, 6) is 0.471. The van der Waals surface area contributed by atoms with E-state index in [1.807, 2.05) is 31.2 Å². The van der Waals surface area contributed by atoms with Gasteiger partial charge in [0.05, 0.1) is 5.56 Å². The van der Waals surface area contributed by atoms with E-state index in [1.54, 1.807) is 11.8 Å². The van der Waals surface area contributed by atoms with Crippen molar-refractivity contribution in [3.05, 3.63) is 29.8 Å². The third kappa shape index (κ3) is 4.37. The van der Waals surface area contributed by atoms with Crippen LogP contribution in [0.15, 0.2) is 29.2 Å². The molecule has 2 nitrogen and oxygen atoms in total. The molecule has 100 valence electrons. The summed E-state index contributed by atoms with van der Waals surface area (Å²) < 4.78 is 0. The summed E-state index contributed by atoms with van der Waals surface area (Å²) in [6.45, 7) is 10.5. The molecule has 1 aromatic carbocycles. The minimum absolute atomic E-state index is 0.0277. The summed E-state index contributed by atoms with van der Waals surface area (Å²) in [5, 5.41) is 3.53. The minimum atomic E-state index is 0.0277. The molecule has 0 saturated heterocycles. The van der Waals surface area contributed by atoms with Gasteiger partial charge in [-0.25, -0.2) is 0 Å². The van der Waals surface area contributed by atoms with E-state index < -0.39 is 0 Å². The van der Waals surface area contributed by atoms with E-state index in [1.165, 1.54) is 0 Å². The van der Waals surface area contributed by atoms with Crippen LogP contribution < -0.4 is 5.32 Å². The molecule has 0 aliphatic carbocycles. The summed E-state index contributed by atoms with van der Waals surface area (Å²) in [5.41, 5.74) is 0.781. The van der Waals surface area contributed by atoms with Gasteiger partial charge in [-0.1, -0.05) is 39.8 Å². The number of thioether (sulfide) groups is 1. The molecule has 1 amide bonds. The molecule has 0 aliphatic rings. The molecular formula is C15H23NOS. The fourth-order valence-electron chi connectivity index (χ4n) is 1.46. The molecule has 1 aromatic rings. The van der Waals surface area contributed by atoms with Crippen molar-refractivity contribution in [3.8, 4) is 0 Å². The van der Waals surface area contributed by atoms with E-state index in [4.69, 9.17) is 0 Å². The molecule has 0 unspecified atom stereocenters. The molecule has 0 radical (unpaired) electrons. The lowest BCUT2D eigenvalue weighted by molar-refractivity contribution is 0.0927. The Labute approximate surface area is 115 Å². The molecule has 0 saturated carbocycles. The summed E-state index contributed by atoms with van der Waals surface area (Å²) in [6, 6.07) is 7.99. The highest BCUT2D eigenvalue weighted by Crippen LogP contribution is 2.26. The van der Waals surface area contributed by atoms with Crippen LogP contribution in [-0.4, -0.2) is 17.2 Å². The number of amides is 1. The maximum absolute atomic E-state index is 12.2. The maximum atomic E-state index is 12.2. The molecule has 0 aliphatic heterocycles. The smallest absolute Gasteiger partial charge is 0.252 e. The minimum Gasteiger partial charge on any atom is -0.349 e. The van der Waals surface area contributed by atoms with E-state index >= 15 is 0 Å². The van der Waals surface area contributed by atoms with Gasteiger partial charge >= 0.3 is 0 Å². The Bertz CT molecular complexity index is 401. The third-order valence-corrected chi connectivity index (χ3v) is 3.93. The first-order chi connectivity index (χ1) is 8.41. The number of rotatable bonds is 5. The summed E-state index contributed by atoms with van der Waals surface area (Å²) >= 11 is 1.73. The zero-order chi connectivity index (χ0) is 13.7. The first-order valence-electron chi connectivity index (χ1n) is 6.48. The van der Waals surface area contributed by atoms with Gasteiger partial charge < -0.3 is 5.32 Å². The second-order valence-electron chi connectivity index (χ2n) is 5.17. The Kier molecular flexibility index (Phi) is 5.73. The van der Waals surface area contributed by atoms with Crippen LogP contribution in [-0.2, 0) is 0 Å². The predicted octanol–water partition coefficient (Wildman–Crippen LogP) is 3.96. The molecule has 0 fully saturated rings. The Morgan fingerprint density at radius 2 is 1.72 bits per heavy atom. The van der Waals surface area contributed by atoms with Gasteiger partial charge in [0.15, 0.2) is 0 Å². The lowest BCUT2D eigenvalue weighted by atomic mass is 10.1. The second-order valence-corrected chi connectivity index (χ2v) is 6.79. The van der Waals surface area contributed by atoms with Crippen LogP contribution in [0.25, 0.3) is 0 Å².